The Labute approximate surface area is 250 Å². The van der Waals surface area contributed by atoms with Crippen LogP contribution in [0.25, 0.3) is 11.3 Å². The molecule has 9 nitrogen and oxygen atoms in total. The number of amides is 4. The molecule has 0 saturated carbocycles. The lowest BCUT2D eigenvalue weighted by atomic mass is 10.0. The number of hydrogen-bond donors (Lipinski definition) is 2. The fraction of sp³-hybridized carbons (Fsp3) is 0.200. The van der Waals surface area contributed by atoms with E-state index in [9.17, 15) is 14.4 Å². The molecule has 1 aromatic heterocycles. The lowest BCUT2D eigenvalue weighted by Crippen LogP contribution is -2.36. The lowest BCUT2D eigenvalue weighted by molar-refractivity contribution is -0.131. The molecule has 0 aliphatic carbocycles. The number of imide groups is 1. The maximum Gasteiger partial charge on any atom is 0.325 e. The van der Waals surface area contributed by atoms with E-state index in [1.165, 1.54) is 9.80 Å². The van der Waals surface area contributed by atoms with Gasteiger partial charge in [0, 0.05) is 30.6 Å². The van der Waals surface area contributed by atoms with E-state index in [0.717, 1.165) is 15.6 Å². The van der Waals surface area contributed by atoms with Gasteiger partial charge in [0.05, 0.1) is 16.9 Å². The van der Waals surface area contributed by atoms with Crippen molar-refractivity contribution in [1.29, 1.82) is 0 Å². The third-order valence-electron chi connectivity index (χ3n) is 6.76. The molecule has 3 aromatic carbocycles. The minimum absolute atomic E-state index is 0.100. The van der Waals surface area contributed by atoms with Gasteiger partial charge in [-0.05, 0) is 35.4 Å². The van der Waals surface area contributed by atoms with Gasteiger partial charge in [0.2, 0.25) is 0 Å². The highest BCUT2D eigenvalue weighted by atomic mass is 79.9. The monoisotopic (exact) mass is 635 g/mol. The van der Waals surface area contributed by atoms with Gasteiger partial charge in [0.25, 0.3) is 11.8 Å². The zero-order valence-corrected chi connectivity index (χ0v) is 24.6. The van der Waals surface area contributed by atoms with E-state index in [1.54, 1.807) is 50.6 Å². The molecule has 41 heavy (non-hydrogen) atoms. The van der Waals surface area contributed by atoms with E-state index < -0.39 is 24.0 Å². The summed E-state index contributed by atoms with van der Waals surface area (Å²) in [5.74, 6) is 0.374. The Bertz CT molecular complexity index is 1580. The number of imidazole rings is 1. The molecule has 4 aromatic rings. The summed E-state index contributed by atoms with van der Waals surface area (Å²) in [6.07, 6.45) is 2.01. The van der Waals surface area contributed by atoms with Gasteiger partial charge < -0.3 is 19.9 Å². The van der Waals surface area contributed by atoms with Crippen LogP contribution in [0.15, 0.2) is 83.5 Å². The number of likely N-dealkylation sites (N-methyl/N-ethyl adjacent to an activating group) is 1. The first-order valence-corrected chi connectivity index (χ1v) is 14.0. The zero-order chi connectivity index (χ0) is 29.1. The molecule has 1 fully saturated rings. The molecule has 5 rings (SSSR count). The molecule has 11 heteroatoms. The largest absolute Gasteiger partial charge is 0.484 e. The Balaban J connectivity index is 1.41. The summed E-state index contributed by atoms with van der Waals surface area (Å²) in [7, 11) is 3.30. The molecular formula is C30H27BrClN5O4. The van der Waals surface area contributed by atoms with Gasteiger partial charge in [-0.15, -0.1) is 0 Å². The Kier molecular flexibility index (Phi) is 8.41. The topological polar surface area (TPSA) is 108 Å². The molecule has 0 radical (unpaired) electrons. The van der Waals surface area contributed by atoms with Crippen LogP contribution in [0.3, 0.4) is 0 Å². The summed E-state index contributed by atoms with van der Waals surface area (Å²) in [6.45, 7) is -0.100. The van der Waals surface area contributed by atoms with E-state index in [4.69, 9.17) is 16.3 Å². The number of H-pyrrole nitrogens is 1. The fourth-order valence-corrected chi connectivity index (χ4v) is 5.32. The summed E-state index contributed by atoms with van der Waals surface area (Å²) >= 11 is 9.89. The minimum Gasteiger partial charge on any atom is -0.484 e. The molecular weight excluding hydrogens is 610 g/mol. The third kappa shape index (κ3) is 6.28. The first kappa shape index (κ1) is 28.4. The first-order valence-electron chi connectivity index (χ1n) is 12.8. The minimum atomic E-state index is -0.881. The first-order chi connectivity index (χ1) is 19.7. The maximum absolute atomic E-state index is 13.8. The number of carbonyl (C=O) groups is 3. The van der Waals surface area contributed by atoms with Gasteiger partial charge in [-0.1, -0.05) is 76.1 Å². The number of nitrogens with one attached hydrogen (secondary N) is 2. The van der Waals surface area contributed by atoms with Crippen LogP contribution in [0, 0.1) is 0 Å². The number of benzene rings is 3. The van der Waals surface area contributed by atoms with Gasteiger partial charge in [0.15, 0.2) is 6.61 Å². The van der Waals surface area contributed by atoms with Crippen molar-refractivity contribution in [3.63, 3.8) is 0 Å². The molecule has 1 unspecified atom stereocenters. The summed E-state index contributed by atoms with van der Waals surface area (Å²) in [5, 5.41) is 3.34. The number of halogens is 2. The molecule has 1 aliphatic heterocycles. The van der Waals surface area contributed by atoms with Gasteiger partial charge in [-0.2, -0.15) is 0 Å². The highest BCUT2D eigenvalue weighted by Gasteiger charge is 2.44. The standard InChI is InChI=1S/C30H27BrClN5O4/c1-36(2)26(38)17-41-21-11-8-19(9-12-21)27-29(39)37(30(40)35-27)25(14-18-6-4-3-5-7-18)28-33-16-24(34-28)22-13-10-20(31)15-23(22)32/h3-13,15-16,25,27H,14,17H2,1-2H3,(H,33,34)(H,35,40)/t25-,27?/m0/s1. The molecule has 0 spiro atoms. The molecule has 1 saturated heterocycles. The van der Waals surface area contributed by atoms with Crippen molar-refractivity contribution in [3.8, 4) is 17.0 Å². The van der Waals surface area contributed by atoms with E-state index >= 15 is 0 Å². The predicted octanol–water partition coefficient (Wildman–Crippen LogP) is 5.54. The molecule has 210 valence electrons. The quantitative estimate of drug-likeness (QED) is 0.235. The summed E-state index contributed by atoms with van der Waals surface area (Å²) in [6, 6.07) is 19.8. The molecule has 0 bridgehead atoms. The van der Waals surface area contributed by atoms with E-state index in [-0.39, 0.29) is 12.5 Å². The molecule has 2 N–H and O–H groups in total. The van der Waals surface area contributed by atoms with Crippen molar-refractivity contribution < 1.29 is 19.1 Å². The van der Waals surface area contributed by atoms with Gasteiger partial charge in [-0.25, -0.2) is 9.78 Å². The van der Waals surface area contributed by atoms with Crippen molar-refractivity contribution in [2.75, 3.05) is 20.7 Å². The highest BCUT2D eigenvalue weighted by molar-refractivity contribution is 9.10. The summed E-state index contributed by atoms with van der Waals surface area (Å²) in [5.41, 5.74) is 2.95. The van der Waals surface area contributed by atoms with Crippen molar-refractivity contribution in [2.45, 2.75) is 18.5 Å². The van der Waals surface area contributed by atoms with Crippen LogP contribution in [0.5, 0.6) is 5.75 Å². The third-order valence-corrected chi connectivity index (χ3v) is 7.57. The Morgan fingerprint density at radius 1 is 1.10 bits per heavy atom. The molecule has 4 amide bonds. The second kappa shape index (κ2) is 12.2. The van der Waals surface area contributed by atoms with Crippen LogP contribution in [0.1, 0.15) is 29.0 Å². The van der Waals surface area contributed by atoms with Gasteiger partial charge >= 0.3 is 6.03 Å². The van der Waals surface area contributed by atoms with Crippen molar-refractivity contribution >= 4 is 45.4 Å². The van der Waals surface area contributed by atoms with Crippen LogP contribution >= 0.6 is 27.5 Å². The van der Waals surface area contributed by atoms with Crippen LogP contribution in [0.2, 0.25) is 5.02 Å². The van der Waals surface area contributed by atoms with Gasteiger partial charge in [-0.3, -0.25) is 14.5 Å². The number of urea groups is 1. The van der Waals surface area contributed by atoms with Crippen molar-refractivity contribution in [1.82, 2.24) is 25.1 Å². The fourth-order valence-electron chi connectivity index (χ4n) is 4.54. The van der Waals surface area contributed by atoms with E-state index in [1.807, 2.05) is 42.5 Å². The molecule has 2 atom stereocenters. The predicted molar refractivity (Wildman–Crippen MR) is 158 cm³/mol. The highest BCUT2D eigenvalue weighted by Crippen LogP contribution is 2.34. The zero-order valence-electron chi connectivity index (χ0n) is 22.3. The summed E-state index contributed by atoms with van der Waals surface area (Å²) in [4.78, 5) is 49.4. The number of aromatic nitrogens is 2. The lowest BCUT2D eigenvalue weighted by Gasteiger charge is -2.24. The Morgan fingerprint density at radius 2 is 1.83 bits per heavy atom. The average Bonchev–Trinajstić information content (AvgIpc) is 3.55. The van der Waals surface area contributed by atoms with Crippen LogP contribution < -0.4 is 10.1 Å². The van der Waals surface area contributed by atoms with E-state index in [0.29, 0.717) is 34.3 Å². The number of rotatable bonds is 9. The second-order valence-electron chi connectivity index (χ2n) is 9.75. The maximum atomic E-state index is 13.8. The number of hydrogen-bond acceptors (Lipinski definition) is 5. The average molecular weight is 637 g/mol. The van der Waals surface area contributed by atoms with E-state index in [2.05, 4.69) is 31.2 Å². The van der Waals surface area contributed by atoms with Crippen LogP contribution in [0.4, 0.5) is 4.79 Å². The number of carbonyl (C=O) groups excluding carboxylic acids is 3. The van der Waals surface area contributed by atoms with Gasteiger partial charge in [0.1, 0.15) is 23.7 Å². The van der Waals surface area contributed by atoms with Crippen molar-refractivity contribution in [3.05, 3.63) is 105 Å². The summed E-state index contributed by atoms with van der Waals surface area (Å²) < 4.78 is 6.38. The molecule has 1 aliphatic rings. The van der Waals surface area contributed by atoms with Crippen molar-refractivity contribution in [2.24, 2.45) is 0 Å². The smallest absolute Gasteiger partial charge is 0.325 e. The normalized spacial score (nSPS) is 15.5. The number of aromatic amines is 1. The number of ether oxygens (including phenoxy) is 1. The van der Waals surface area contributed by atoms with Crippen LogP contribution in [-0.4, -0.2) is 58.3 Å². The Morgan fingerprint density at radius 3 is 2.51 bits per heavy atom. The van der Waals surface area contributed by atoms with Crippen LogP contribution in [-0.2, 0) is 16.0 Å². The molecule has 2 heterocycles. The Hall–Kier alpha value is -4.15. The number of nitrogens with zero attached hydrogens (tertiary/aromatic N) is 3. The second-order valence-corrected chi connectivity index (χ2v) is 11.1. The SMILES string of the molecule is CN(C)C(=O)COc1ccc(C2NC(=O)N([C@@H](Cc3ccccc3)c3ncc(-c4ccc(Br)cc4Cl)[nH]3)C2=O)cc1.